The second kappa shape index (κ2) is 8.68. The van der Waals surface area contributed by atoms with Crippen LogP contribution < -0.4 is 11.2 Å². The number of amides is 1. The Labute approximate surface area is 186 Å². The fourth-order valence-electron chi connectivity index (χ4n) is 3.69. The van der Waals surface area contributed by atoms with Crippen molar-refractivity contribution in [2.45, 2.75) is 32.5 Å². The molecule has 1 fully saturated rings. The van der Waals surface area contributed by atoms with Crippen LogP contribution in [-0.4, -0.2) is 38.2 Å². The topological polar surface area (TPSA) is 77.2 Å². The molecule has 1 aliphatic rings. The van der Waals surface area contributed by atoms with Crippen molar-refractivity contribution in [2.24, 2.45) is 0 Å². The Morgan fingerprint density at radius 1 is 0.970 bits per heavy atom. The third kappa shape index (κ3) is 4.59. The number of alkyl halides is 3. The lowest BCUT2D eigenvalue weighted by Crippen LogP contribution is -2.46. The largest absolute Gasteiger partial charge is 0.416 e. The van der Waals surface area contributed by atoms with Gasteiger partial charge in [-0.3, -0.25) is 14.2 Å². The molecule has 0 radical (unpaired) electrons. The lowest BCUT2D eigenvalue weighted by atomic mass is 10.1. The van der Waals surface area contributed by atoms with Crippen molar-refractivity contribution in [2.75, 3.05) is 13.1 Å². The number of carbonyl (C=O) groups is 1. The Kier molecular flexibility index (Phi) is 5.92. The molecule has 0 atom stereocenters. The van der Waals surface area contributed by atoms with Crippen LogP contribution in [0.4, 0.5) is 13.2 Å². The van der Waals surface area contributed by atoms with Gasteiger partial charge in [-0.25, -0.2) is 4.79 Å². The molecule has 2 heterocycles. The standard InChI is InChI=1S/C23H21F3N4O3/c1-15-4-10-18(11-5-15)30-22(33)29(14-16-6-8-17(9-7-16)23(24,25)26)21(32)19(27-30)20(31)28-12-2-3-13-28/h4-11H,2-3,12-14H2,1H3. The number of aryl methyl sites for hydroxylation is 1. The van der Waals surface area contributed by atoms with Crippen LogP contribution in [0.1, 0.15) is 40.0 Å². The van der Waals surface area contributed by atoms with E-state index in [1.54, 1.807) is 24.3 Å². The minimum Gasteiger partial charge on any atom is -0.337 e. The van der Waals surface area contributed by atoms with E-state index in [4.69, 9.17) is 0 Å². The summed E-state index contributed by atoms with van der Waals surface area (Å²) in [7, 11) is 0. The predicted molar refractivity (Wildman–Crippen MR) is 115 cm³/mol. The zero-order chi connectivity index (χ0) is 23.8. The SMILES string of the molecule is Cc1ccc(-n2nc(C(=O)N3CCCC3)c(=O)n(Cc3ccc(C(F)(F)F)cc3)c2=O)cc1. The molecule has 172 valence electrons. The van der Waals surface area contributed by atoms with E-state index in [1.165, 1.54) is 17.0 Å². The summed E-state index contributed by atoms with van der Waals surface area (Å²) in [6.07, 6.45) is -2.88. The molecule has 7 nitrogen and oxygen atoms in total. The van der Waals surface area contributed by atoms with Gasteiger partial charge < -0.3 is 4.90 Å². The number of aromatic nitrogens is 3. The molecule has 4 rings (SSSR count). The first-order valence-electron chi connectivity index (χ1n) is 10.4. The van der Waals surface area contributed by atoms with Gasteiger partial charge >= 0.3 is 11.9 Å². The van der Waals surface area contributed by atoms with Crippen LogP contribution in [0.15, 0.2) is 58.1 Å². The molecule has 33 heavy (non-hydrogen) atoms. The summed E-state index contributed by atoms with van der Waals surface area (Å²) in [5, 5.41) is 4.10. The van der Waals surface area contributed by atoms with Gasteiger partial charge in [0, 0.05) is 13.1 Å². The second-order valence-corrected chi connectivity index (χ2v) is 7.96. The molecular weight excluding hydrogens is 437 g/mol. The van der Waals surface area contributed by atoms with Gasteiger partial charge in [-0.05, 0) is 49.6 Å². The van der Waals surface area contributed by atoms with Gasteiger partial charge in [0.2, 0.25) is 5.69 Å². The highest BCUT2D eigenvalue weighted by molar-refractivity contribution is 5.92. The van der Waals surface area contributed by atoms with Crippen molar-refractivity contribution in [1.29, 1.82) is 0 Å². The zero-order valence-corrected chi connectivity index (χ0v) is 17.8. The monoisotopic (exact) mass is 458 g/mol. The van der Waals surface area contributed by atoms with Crippen molar-refractivity contribution < 1.29 is 18.0 Å². The molecule has 1 aromatic heterocycles. The van der Waals surface area contributed by atoms with Gasteiger partial charge in [0.15, 0.2) is 0 Å². The lowest BCUT2D eigenvalue weighted by molar-refractivity contribution is -0.137. The molecule has 3 aromatic rings. The first kappa shape index (κ1) is 22.5. The van der Waals surface area contributed by atoms with E-state index in [0.29, 0.717) is 24.3 Å². The van der Waals surface area contributed by atoms with E-state index in [0.717, 1.165) is 39.8 Å². The molecule has 0 aliphatic carbocycles. The van der Waals surface area contributed by atoms with Gasteiger partial charge in [-0.2, -0.15) is 23.0 Å². The highest BCUT2D eigenvalue weighted by Gasteiger charge is 2.30. The lowest BCUT2D eigenvalue weighted by Gasteiger charge is -2.17. The van der Waals surface area contributed by atoms with Crippen LogP contribution in [0.25, 0.3) is 5.69 Å². The molecule has 10 heteroatoms. The van der Waals surface area contributed by atoms with Crippen molar-refractivity contribution in [3.05, 3.63) is 91.8 Å². The van der Waals surface area contributed by atoms with Crippen LogP contribution in [0.2, 0.25) is 0 Å². The van der Waals surface area contributed by atoms with Crippen molar-refractivity contribution in [3.8, 4) is 5.69 Å². The number of carbonyl (C=O) groups excluding carboxylic acids is 1. The Balaban J connectivity index is 1.82. The van der Waals surface area contributed by atoms with Crippen molar-refractivity contribution in [1.82, 2.24) is 19.2 Å². The van der Waals surface area contributed by atoms with Crippen molar-refractivity contribution in [3.63, 3.8) is 0 Å². The molecule has 0 bridgehead atoms. The molecule has 0 unspecified atom stereocenters. The van der Waals surface area contributed by atoms with Crippen LogP contribution in [0, 0.1) is 6.92 Å². The third-order valence-electron chi connectivity index (χ3n) is 5.56. The molecule has 2 aromatic carbocycles. The number of hydrogen-bond donors (Lipinski definition) is 0. The summed E-state index contributed by atoms with van der Waals surface area (Å²) >= 11 is 0. The fraction of sp³-hybridized carbons (Fsp3) is 0.304. The molecule has 1 saturated heterocycles. The zero-order valence-electron chi connectivity index (χ0n) is 17.8. The smallest absolute Gasteiger partial charge is 0.337 e. The van der Waals surface area contributed by atoms with Gasteiger partial charge in [0.1, 0.15) is 0 Å². The second-order valence-electron chi connectivity index (χ2n) is 7.96. The quantitative estimate of drug-likeness (QED) is 0.602. The maximum Gasteiger partial charge on any atom is 0.416 e. The number of hydrogen-bond acceptors (Lipinski definition) is 4. The van der Waals surface area contributed by atoms with E-state index < -0.39 is 34.6 Å². The summed E-state index contributed by atoms with van der Waals surface area (Å²) in [4.78, 5) is 40.8. The first-order chi connectivity index (χ1) is 15.6. The number of nitrogens with zero attached hydrogens (tertiary/aromatic N) is 4. The van der Waals surface area contributed by atoms with Crippen LogP contribution in [-0.2, 0) is 12.7 Å². The summed E-state index contributed by atoms with van der Waals surface area (Å²) in [5.74, 6) is -0.570. The van der Waals surface area contributed by atoms with E-state index in [-0.39, 0.29) is 6.54 Å². The van der Waals surface area contributed by atoms with Crippen LogP contribution in [0.3, 0.4) is 0 Å². The number of rotatable bonds is 4. The average Bonchev–Trinajstić information content (AvgIpc) is 3.32. The maximum atomic E-state index is 13.2. The maximum absolute atomic E-state index is 13.2. The molecule has 1 aliphatic heterocycles. The predicted octanol–water partition coefficient (Wildman–Crippen LogP) is 3.01. The fourth-order valence-corrected chi connectivity index (χ4v) is 3.69. The number of halogens is 3. The Morgan fingerprint density at radius 3 is 2.15 bits per heavy atom. The first-order valence-corrected chi connectivity index (χ1v) is 10.4. The third-order valence-corrected chi connectivity index (χ3v) is 5.56. The number of benzene rings is 2. The normalized spacial score (nSPS) is 14.0. The molecule has 0 spiro atoms. The summed E-state index contributed by atoms with van der Waals surface area (Å²) in [5.41, 5.74) is -1.29. The van der Waals surface area contributed by atoms with E-state index in [9.17, 15) is 27.6 Å². The average molecular weight is 458 g/mol. The molecular formula is C23H21F3N4O3. The van der Waals surface area contributed by atoms with E-state index in [2.05, 4.69) is 5.10 Å². The number of likely N-dealkylation sites (tertiary alicyclic amines) is 1. The highest BCUT2D eigenvalue weighted by atomic mass is 19.4. The molecule has 0 saturated carbocycles. The van der Waals surface area contributed by atoms with Gasteiger partial charge in [0.05, 0.1) is 17.8 Å². The summed E-state index contributed by atoms with van der Waals surface area (Å²) in [6.45, 7) is 2.54. The Morgan fingerprint density at radius 2 is 1.58 bits per heavy atom. The van der Waals surface area contributed by atoms with Crippen LogP contribution in [0.5, 0.6) is 0 Å². The van der Waals surface area contributed by atoms with Crippen LogP contribution >= 0.6 is 0 Å². The van der Waals surface area contributed by atoms with Gasteiger partial charge in [-0.15, -0.1) is 0 Å². The Bertz CT molecular complexity index is 1290. The van der Waals surface area contributed by atoms with Crippen molar-refractivity contribution >= 4 is 5.91 Å². The summed E-state index contributed by atoms with van der Waals surface area (Å²) < 4.78 is 40.4. The van der Waals surface area contributed by atoms with E-state index in [1.807, 2.05) is 6.92 Å². The molecule has 1 amide bonds. The van der Waals surface area contributed by atoms with Gasteiger partial charge in [0.25, 0.3) is 11.5 Å². The summed E-state index contributed by atoms with van der Waals surface area (Å²) in [6, 6.07) is 11.0. The minimum absolute atomic E-state index is 0.301. The molecule has 0 N–H and O–H groups in total. The Hall–Kier alpha value is -3.69. The highest BCUT2D eigenvalue weighted by Crippen LogP contribution is 2.29. The van der Waals surface area contributed by atoms with E-state index >= 15 is 0 Å². The minimum atomic E-state index is -4.50. The van der Waals surface area contributed by atoms with Gasteiger partial charge in [-0.1, -0.05) is 29.8 Å².